The van der Waals surface area contributed by atoms with Gasteiger partial charge in [0.25, 0.3) is 0 Å². The van der Waals surface area contributed by atoms with E-state index in [1.807, 2.05) is 0 Å². The van der Waals surface area contributed by atoms with Gasteiger partial charge in [-0.3, -0.25) is 0 Å². The number of halogens is 2. The smallest absolute Gasteiger partial charge is 0.00627 e. The van der Waals surface area contributed by atoms with Crippen LogP contribution in [0.25, 0.3) is 0 Å². The van der Waals surface area contributed by atoms with E-state index in [1.165, 1.54) is 17.1 Å². The van der Waals surface area contributed by atoms with E-state index >= 15 is 0 Å². The highest BCUT2D eigenvalue weighted by molar-refractivity contribution is 9.09. The minimum Gasteiger partial charge on any atom is -0.0925 e. The lowest BCUT2D eigenvalue weighted by Gasteiger charge is -1.82. The summed E-state index contributed by atoms with van der Waals surface area (Å²) in [6.07, 6.45) is 1.43. The lowest BCUT2D eigenvalue weighted by Crippen LogP contribution is -1.81. The van der Waals surface area contributed by atoms with Crippen LogP contribution in [0.5, 0.6) is 0 Å². The van der Waals surface area contributed by atoms with Crippen molar-refractivity contribution in [2.24, 2.45) is 11.8 Å². The second kappa shape index (κ2) is 2.49. The highest BCUT2D eigenvalue weighted by Crippen LogP contribution is 2.40. The highest BCUT2D eigenvalue weighted by atomic mass is 79.9. The molecule has 0 bridgehead atoms. The van der Waals surface area contributed by atoms with Crippen molar-refractivity contribution in [3.05, 3.63) is 0 Å². The highest BCUT2D eigenvalue weighted by Gasteiger charge is 2.34. The minimum absolute atomic E-state index is 0.986. The van der Waals surface area contributed by atoms with Crippen LogP contribution in [0, 0.1) is 11.8 Å². The summed E-state index contributed by atoms with van der Waals surface area (Å²) >= 11 is 6.87. The standard InChI is InChI=1S/C5H8Br2/c6-2-4-1-5(4)3-7/h4-5H,1-3H2. The maximum atomic E-state index is 3.44. The quantitative estimate of drug-likeness (QED) is 0.636. The van der Waals surface area contributed by atoms with Crippen LogP contribution in [-0.2, 0) is 0 Å². The third kappa shape index (κ3) is 1.43. The van der Waals surface area contributed by atoms with Crippen molar-refractivity contribution in [2.45, 2.75) is 6.42 Å². The van der Waals surface area contributed by atoms with Gasteiger partial charge in [0.05, 0.1) is 0 Å². The van der Waals surface area contributed by atoms with Crippen molar-refractivity contribution < 1.29 is 0 Å². The van der Waals surface area contributed by atoms with Gasteiger partial charge in [-0.25, -0.2) is 0 Å². The molecule has 2 heteroatoms. The SMILES string of the molecule is BrCC1CC1CBr. The molecule has 0 nitrogen and oxygen atoms in total. The summed E-state index contributed by atoms with van der Waals surface area (Å²) in [6.45, 7) is 0. The molecule has 0 saturated heterocycles. The maximum absolute atomic E-state index is 3.44. The second-order valence-corrected chi connectivity index (χ2v) is 3.36. The van der Waals surface area contributed by atoms with Gasteiger partial charge >= 0.3 is 0 Å². The Morgan fingerprint density at radius 2 is 1.57 bits per heavy atom. The van der Waals surface area contributed by atoms with Gasteiger partial charge in [0.2, 0.25) is 0 Å². The van der Waals surface area contributed by atoms with Crippen LogP contribution in [0.15, 0.2) is 0 Å². The Morgan fingerprint density at radius 1 is 1.14 bits per heavy atom. The van der Waals surface area contributed by atoms with Gasteiger partial charge in [0, 0.05) is 10.7 Å². The molecule has 0 aromatic carbocycles. The molecule has 0 aromatic rings. The normalized spacial score (nSPS) is 38.6. The Morgan fingerprint density at radius 3 is 1.71 bits per heavy atom. The first-order chi connectivity index (χ1) is 3.38. The molecule has 42 valence electrons. The Hall–Kier alpha value is 0.960. The summed E-state index contributed by atoms with van der Waals surface area (Å²) < 4.78 is 0. The molecule has 0 amide bonds. The third-order valence-corrected chi connectivity index (χ3v) is 3.13. The second-order valence-electron chi connectivity index (χ2n) is 2.06. The predicted octanol–water partition coefficient (Wildman–Crippen LogP) is 2.41. The molecule has 0 aliphatic heterocycles. The average molecular weight is 228 g/mol. The van der Waals surface area contributed by atoms with Crippen molar-refractivity contribution in [2.75, 3.05) is 10.7 Å². The van der Waals surface area contributed by atoms with E-state index in [9.17, 15) is 0 Å². The van der Waals surface area contributed by atoms with Gasteiger partial charge < -0.3 is 0 Å². The van der Waals surface area contributed by atoms with E-state index in [4.69, 9.17) is 0 Å². The Balaban J connectivity index is 2.06. The van der Waals surface area contributed by atoms with E-state index in [0.717, 1.165) is 11.8 Å². The van der Waals surface area contributed by atoms with E-state index in [-0.39, 0.29) is 0 Å². The van der Waals surface area contributed by atoms with E-state index < -0.39 is 0 Å². The molecular weight excluding hydrogens is 220 g/mol. The largest absolute Gasteiger partial charge is 0.0925 e. The molecule has 0 heterocycles. The van der Waals surface area contributed by atoms with Gasteiger partial charge in [-0.05, 0) is 18.3 Å². The van der Waals surface area contributed by atoms with Crippen LogP contribution < -0.4 is 0 Å². The fourth-order valence-corrected chi connectivity index (χ4v) is 2.27. The summed E-state index contributed by atoms with van der Waals surface area (Å²) in [5.41, 5.74) is 0. The summed E-state index contributed by atoms with van der Waals surface area (Å²) in [4.78, 5) is 0. The van der Waals surface area contributed by atoms with Crippen LogP contribution >= 0.6 is 31.9 Å². The summed E-state index contributed by atoms with van der Waals surface area (Å²) in [5.74, 6) is 1.97. The molecule has 1 saturated carbocycles. The molecule has 0 aromatic heterocycles. The topological polar surface area (TPSA) is 0 Å². The number of hydrogen-bond donors (Lipinski definition) is 0. The van der Waals surface area contributed by atoms with E-state index in [2.05, 4.69) is 31.9 Å². The lowest BCUT2D eigenvalue weighted by molar-refractivity contribution is 0.866. The van der Waals surface area contributed by atoms with Crippen LogP contribution in [0.3, 0.4) is 0 Å². The first-order valence-corrected chi connectivity index (χ1v) is 4.74. The third-order valence-electron chi connectivity index (χ3n) is 1.47. The van der Waals surface area contributed by atoms with Crippen molar-refractivity contribution in [1.82, 2.24) is 0 Å². The Kier molecular flexibility index (Phi) is 2.17. The van der Waals surface area contributed by atoms with Gasteiger partial charge in [0.15, 0.2) is 0 Å². The zero-order valence-corrected chi connectivity index (χ0v) is 7.20. The molecule has 2 unspecified atom stereocenters. The summed E-state index contributed by atoms with van der Waals surface area (Å²) in [7, 11) is 0. The zero-order chi connectivity index (χ0) is 5.28. The fraction of sp³-hybridized carbons (Fsp3) is 1.00. The van der Waals surface area contributed by atoms with Crippen molar-refractivity contribution in [1.29, 1.82) is 0 Å². The van der Waals surface area contributed by atoms with Crippen LogP contribution in [0.2, 0.25) is 0 Å². The first kappa shape index (κ1) is 6.09. The van der Waals surface area contributed by atoms with Gasteiger partial charge in [-0.15, -0.1) is 0 Å². The predicted molar refractivity (Wildman–Crippen MR) is 39.2 cm³/mol. The van der Waals surface area contributed by atoms with Crippen LogP contribution in [-0.4, -0.2) is 10.7 Å². The maximum Gasteiger partial charge on any atom is 0.00627 e. The molecule has 0 radical (unpaired) electrons. The fourth-order valence-electron chi connectivity index (χ4n) is 0.688. The Bertz CT molecular complexity index is 55.1. The Labute approximate surface area is 60.9 Å². The summed E-state index contributed by atoms with van der Waals surface area (Å²) in [6, 6.07) is 0. The lowest BCUT2D eigenvalue weighted by atomic mass is 10.4. The average Bonchev–Trinajstić information content (AvgIpc) is 2.43. The zero-order valence-electron chi connectivity index (χ0n) is 4.03. The molecule has 0 spiro atoms. The van der Waals surface area contributed by atoms with Crippen molar-refractivity contribution in [3.8, 4) is 0 Å². The molecular formula is C5H8Br2. The van der Waals surface area contributed by atoms with Crippen LogP contribution in [0.4, 0.5) is 0 Å². The molecule has 7 heavy (non-hydrogen) atoms. The van der Waals surface area contributed by atoms with Gasteiger partial charge in [-0.2, -0.15) is 0 Å². The van der Waals surface area contributed by atoms with Crippen molar-refractivity contribution >= 4 is 31.9 Å². The number of hydrogen-bond acceptors (Lipinski definition) is 0. The van der Waals surface area contributed by atoms with E-state index in [1.54, 1.807) is 0 Å². The monoisotopic (exact) mass is 226 g/mol. The van der Waals surface area contributed by atoms with Gasteiger partial charge in [0.1, 0.15) is 0 Å². The molecule has 1 rings (SSSR count). The number of alkyl halides is 2. The molecule has 1 aliphatic rings. The van der Waals surface area contributed by atoms with Crippen LogP contribution in [0.1, 0.15) is 6.42 Å². The molecule has 1 aliphatic carbocycles. The molecule has 1 fully saturated rings. The number of rotatable bonds is 2. The summed E-state index contributed by atoms with van der Waals surface area (Å²) in [5, 5.41) is 2.40. The van der Waals surface area contributed by atoms with Gasteiger partial charge in [-0.1, -0.05) is 31.9 Å². The first-order valence-electron chi connectivity index (χ1n) is 2.50. The molecule has 2 atom stereocenters. The molecule has 0 N–H and O–H groups in total. The minimum atomic E-state index is 0.986. The van der Waals surface area contributed by atoms with E-state index in [0.29, 0.717) is 0 Å². The van der Waals surface area contributed by atoms with Crippen molar-refractivity contribution in [3.63, 3.8) is 0 Å².